The molecule has 0 bridgehead atoms. The van der Waals surface area contributed by atoms with E-state index in [1.54, 1.807) is 19.2 Å². The molecule has 1 rings (SSSR count). The fourth-order valence-corrected chi connectivity index (χ4v) is 2.02. The van der Waals surface area contributed by atoms with Crippen molar-refractivity contribution in [1.29, 1.82) is 5.26 Å². The second-order valence-electron chi connectivity index (χ2n) is 4.09. The van der Waals surface area contributed by atoms with Crippen LogP contribution in [-0.2, 0) is 10.6 Å². The number of nitro benzene ring substituents is 1. The highest BCUT2D eigenvalue weighted by molar-refractivity contribution is 6.17. The molecule has 0 heterocycles. The van der Waals surface area contributed by atoms with Gasteiger partial charge in [-0.25, -0.2) is 0 Å². The predicted molar refractivity (Wildman–Crippen MR) is 77.0 cm³/mol. The molecule has 0 saturated carbocycles. The zero-order chi connectivity index (χ0) is 15.0. The smallest absolute Gasteiger partial charge is 0.273 e. The van der Waals surface area contributed by atoms with E-state index in [1.807, 2.05) is 4.90 Å². The molecule has 1 aromatic carbocycles. The van der Waals surface area contributed by atoms with Crippen LogP contribution in [0.3, 0.4) is 0 Å². The Morgan fingerprint density at radius 2 is 2.25 bits per heavy atom. The quantitative estimate of drug-likeness (QED) is 0.419. The van der Waals surface area contributed by atoms with Gasteiger partial charge in [0.05, 0.1) is 29.9 Å². The molecular weight excluding hydrogens is 282 g/mol. The third-order valence-corrected chi connectivity index (χ3v) is 3.12. The normalized spacial score (nSPS) is 10.1. The Labute approximate surface area is 122 Å². The summed E-state index contributed by atoms with van der Waals surface area (Å²) in [5.74, 6) is 0.0700. The van der Waals surface area contributed by atoms with Gasteiger partial charge >= 0.3 is 0 Å². The number of hydrogen-bond donors (Lipinski definition) is 0. The first-order valence-corrected chi connectivity index (χ1v) is 6.61. The molecule has 108 valence electrons. The van der Waals surface area contributed by atoms with Crippen LogP contribution in [0.5, 0.6) is 0 Å². The van der Waals surface area contributed by atoms with Gasteiger partial charge in [0.2, 0.25) is 0 Å². The molecule has 0 amide bonds. The van der Waals surface area contributed by atoms with Crippen molar-refractivity contribution >= 4 is 23.0 Å². The minimum atomic E-state index is -0.448. The highest BCUT2D eigenvalue weighted by Crippen LogP contribution is 2.26. The molecule has 0 aliphatic heterocycles. The molecule has 0 N–H and O–H groups in total. The van der Waals surface area contributed by atoms with Crippen LogP contribution in [0.25, 0.3) is 0 Å². The van der Waals surface area contributed by atoms with E-state index in [0.717, 1.165) is 5.69 Å². The molecule has 1 aromatic rings. The van der Waals surface area contributed by atoms with Crippen LogP contribution >= 0.6 is 11.6 Å². The summed E-state index contributed by atoms with van der Waals surface area (Å²) < 4.78 is 5.03. The number of anilines is 1. The lowest BCUT2D eigenvalue weighted by molar-refractivity contribution is -0.385. The van der Waals surface area contributed by atoms with Gasteiger partial charge in [-0.1, -0.05) is 0 Å². The minimum Gasteiger partial charge on any atom is -0.383 e. The topological polar surface area (TPSA) is 79.4 Å². The van der Waals surface area contributed by atoms with Crippen molar-refractivity contribution in [3.05, 3.63) is 33.9 Å². The zero-order valence-corrected chi connectivity index (χ0v) is 12.0. The van der Waals surface area contributed by atoms with E-state index in [0.29, 0.717) is 31.7 Å². The average molecular weight is 298 g/mol. The van der Waals surface area contributed by atoms with Gasteiger partial charge in [-0.05, 0) is 12.1 Å². The molecule has 0 unspecified atom stereocenters. The van der Waals surface area contributed by atoms with Gasteiger partial charge < -0.3 is 9.64 Å². The first kappa shape index (κ1) is 16.2. The zero-order valence-electron chi connectivity index (χ0n) is 11.2. The van der Waals surface area contributed by atoms with E-state index in [2.05, 4.69) is 6.07 Å². The first-order valence-electron chi connectivity index (χ1n) is 6.08. The number of ether oxygens (including phenoxy) is 1. The Morgan fingerprint density at radius 1 is 1.50 bits per heavy atom. The van der Waals surface area contributed by atoms with Gasteiger partial charge in [0.15, 0.2) is 0 Å². The van der Waals surface area contributed by atoms with Crippen molar-refractivity contribution in [3.8, 4) is 6.07 Å². The van der Waals surface area contributed by atoms with Crippen molar-refractivity contribution in [1.82, 2.24) is 0 Å². The van der Waals surface area contributed by atoms with Crippen molar-refractivity contribution in [3.63, 3.8) is 0 Å². The van der Waals surface area contributed by atoms with Crippen LogP contribution in [0.2, 0.25) is 0 Å². The molecule has 7 heteroatoms. The van der Waals surface area contributed by atoms with Gasteiger partial charge in [0.1, 0.15) is 0 Å². The van der Waals surface area contributed by atoms with E-state index in [-0.39, 0.29) is 11.6 Å². The summed E-state index contributed by atoms with van der Waals surface area (Å²) in [5.41, 5.74) is 1.28. The Morgan fingerprint density at radius 3 is 2.80 bits per heavy atom. The maximum Gasteiger partial charge on any atom is 0.273 e. The number of hydrogen-bond acceptors (Lipinski definition) is 5. The number of halogens is 1. The molecule has 0 spiro atoms. The molecule has 0 radical (unpaired) electrons. The molecule has 0 atom stereocenters. The van der Waals surface area contributed by atoms with Crippen LogP contribution in [0.1, 0.15) is 12.0 Å². The van der Waals surface area contributed by atoms with Gasteiger partial charge in [0, 0.05) is 37.5 Å². The van der Waals surface area contributed by atoms with Crippen LogP contribution in [0, 0.1) is 21.4 Å². The van der Waals surface area contributed by atoms with Gasteiger partial charge in [-0.2, -0.15) is 5.26 Å². The van der Waals surface area contributed by atoms with Crippen LogP contribution in [0.15, 0.2) is 18.2 Å². The van der Waals surface area contributed by atoms with Gasteiger partial charge in [-0.3, -0.25) is 10.1 Å². The number of benzene rings is 1. The fourth-order valence-electron chi connectivity index (χ4n) is 1.81. The molecule has 20 heavy (non-hydrogen) atoms. The standard InChI is InChI=1S/C13H16ClN3O3/c1-20-8-7-16(6-2-5-15)12-3-4-13(17(18)19)11(9-12)10-14/h3-4,9H,2,6-8,10H2,1H3. The summed E-state index contributed by atoms with van der Waals surface area (Å²) in [5, 5.41) is 19.6. The second-order valence-corrected chi connectivity index (χ2v) is 4.36. The Balaban J connectivity index is 3.00. The summed E-state index contributed by atoms with van der Waals surface area (Å²) in [6.07, 6.45) is 0.372. The third-order valence-electron chi connectivity index (χ3n) is 2.83. The summed E-state index contributed by atoms with van der Waals surface area (Å²) >= 11 is 5.76. The molecule has 0 fully saturated rings. The minimum absolute atomic E-state index is 0.00993. The maximum absolute atomic E-state index is 10.9. The number of methoxy groups -OCH3 is 1. The van der Waals surface area contributed by atoms with Crippen LogP contribution in [-0.4, -0.2) is 31.7 Å². The van der Waals surface area contributed by atoms with Crippen LogP contribution in [0.4, 0.5) is 11.4 Å². The number of nitro groups is 1. The largest absolute Gasteiger partial charge is 0.383 e. The van der Waals surface area contributed by atoms with Gasteiger partial charge in [-0.15, -0.1) is 11.6 Å². The molecular formula is C13H16ClN3O3. The summed E-state index contributed by atoms with van der Waals surface area (Å²) in [6, 6.07) is 6.89. The predicted octanol–water partition coefficient (Wildman–Crippen LogP) is 2.70. The summed E-state index contributed by atoms with van der Waals surface area (Å²) in [7, 11) is 1.60. The second kappa shape index (κ2) is 8.35. The Kier molecular flexibility index (Phi) is 6.77. The maximum atomic E-state index is 10.9. The molecule has 0 aromatic heterocycles. The summed E-state index contributed by atoms with van der Waals surface area (Å²) in [6.45, 7) is 1.66. The van der Waals surface area contributed by atoms with Crippen molar-refractivity contribution < 1.29 is 9.66 Å². The number of rotatable bonds is 8. The van der Waals surface area contributed by atoms with E-state index >= 15 is 0 Å². The van der Waals surface area contributed by atoms with Crippen molar-refractivity contribution in [2.45, 2.75) is 12.3 Å². The average Bonchev–Trinajstić information content (AvgIpc) is 2.46. The fraction of sp³-hybridized carbons (Fsp3) is 0.462. The summed E-state index contributed by atoms with van der Waals surface area (Å²) in [4.78, 5) is 12.4. The lowest BCUT2D eigenvalue weighted by atomic mass is 10.1. The Bertz CT molecular complexity index is 502. The highest BCUT2D eigenvalue weighted by Gasteiger charge is 2.15. The van der Waals surface area contributed by atoms with Crippen molar-refractivity contribution in [2.75, 3.05) is 31.7 Å². The molecule has 6 nitrogen and oxygen atoms in total. The third kappa shape index (κ3) is 4.37. The highest BCUT2D eigenvalue weighted by atomic mass is 35.5. The Hall–Kier alpha value is -1.84. The number of nitrogens with zero attached hydrogens (tertiary/aromatic N) is 3. The van der Waals surface area contributed by atoms with E-state index in [1.165, 1.54) is 6.07 Å². The lowest BCUT2D eigenvalue weighted by Crippen LogP contribution is -2.28. The van der Waals surface area contributed by atoms with Crippen molar-refractivity contribution in [2.24, 2.45) is 0 Å². The molecule has 0 aliphatic rings. The molecule has 0 aliphatic carbocycles. The SMILES string of the molecule is COCCN(CCC#N)c1ccc([N+](=O)[O-])c(CCl)c1. The first-order chi connectivity index (χ1) is 9.63. The monoisotopic (exact) mass is 297 g/mol. The number of nitriles is 1. The lowest BCUT2D eigenvalue weighted by Gasteiger charge is -2.23. The van der Waals surface area contributed by atoms with E-state index in [9.17, 15) is 10.1 Å². The van der Waals surface area contributed by atoms with Crippen LogP contribution < -0.4 is 4.90 Å². The van der Waals surface area contributed by atoms with E-state index < -0.39 is 4.92 Å². The van der Waals surface area contributed by atoms with E-state index in [4.69, 9.17) is 21.6 Å². The molecule has 0 saturated heterocycles. The number of alkyl halides is 1. The van der Waals surface area contributed by atoms with Gasteiger partial charge in [0.25, 0.3) is 5.69 Å².